The Balaban J connectivity index is 1.66. The van der Waals surface area contributed by atoms with Gasteiger partial charge in [-0.3, -0.25) is 0 Å². The quantitative estimate of drug-likeness (QED) is 0.379. The first-order chi connectivity index (χ1) is 11.2. The van der Waals surface area contributed by atoms with Crippen molar-refractivity contribution in [3.63, 3.8) is 0 Å². The molecule has 124 valence electrons. The molecule has 0 aliphatic carbocycles. The van der Waals surface area contributed by atoms with Crippen molar-refractivity contribution < 1.29 is 9.15 Å². The molecule has 0 unspecified atom stereocenters. The number of hydrogen-bond acceptors (Lipinski definition) is 4. The molecule has 23 heavy (non-hydrogen) atoms. The summed E-state index contributed by atoms with van der Waals surface area (Å²) in [5.41, 5.74) is 0.233. The highest BCUT2D eigenvalue weighted by Crippen LogP contribution is 2.19. The van der Waals surface area contributed by atoms with E-state index in [1.165, 1.54) is 18.9 Å². The molecule has 0 N–H and O–H groups in total. The average Bonchev–Trinajstić information content (AvgIpc) is 2.53. The van der Waals surface area contributed by atoms with E-state index in [0.717, 1.165) is 37.1 Å². The third-order valence-corrected chi connectivity index (χ3v) is 3.74. The summed E-state index contributed by atoms with van der Waals surface area (Å²) in [5.74, 6) is 0.748. The van der Waals surface area contributed by atoms with Gasteiger partial charge in [0.1, 0.15) is 11.3 Å². The maximum absolute atomic E-state index is 11.2. The molecule has 0 aliphatic heterocycles. The maximum Gasteiger partial charge on any atom is 0.336 e. The fraction of sp³-hybridized carbons (Fsp3) is 0.421. The van der Waals surface area contributed by atoms with Gasteiger partial charge in [-0.05, 0) is 44.6 Å². The van der Waals surface area contributed by atoms with Crippen molar-refractivity contribution in [1.29, 1.82) is 0 Å². The van der Waals surface area contributed by atoms with E-state index >= 15 is 0 Å². The second-order valence-electron chi connectivity index (χ2n) is 5.77. The third-order valence-electron chi connectivity index (χ3n) is 3.74. The van der Waals surface area contributed by atoms with Gasteiger partial charge < -0.3 is 14.1 Å². The number of likely N-dealkylation sites (N-methyl/N-ethyl adjacent to an activating group) is 1. The smallest absolute Gasteiger partial charge is 0.336 e. The number of hydrogen-bond donors (Lipinski definition) is 0. The highest BCUT2D eigenvalue weighted by atomic mass is 16.5. The Morgan fingerprint density at radius 1 is 1.17 bits per heavy atom. The van der Waals surface area contributed by atoms with Crippen LogP contribution >= 0.6 is 0 Å². The van der Waals surface area contributed by atoms with Crippen molar-refractivity contribution in [3.8, 4) is 5.75 Å². The van der Waals surface area contributed by atoms with E-state index in [1.54, 1.807) is 12.1 Å². The molecule has 4 heteroatoms. The molecule has 1 heterocycles. The molecule has 0 radical (unpaired) electrons. The molecular formula is C19H25NO3. The lowest BCUT2D eigenvalue weighted by atomic mass is 10.2. The Bertz CT molecular complexity index is 678. The number of unbranched alkanes of at least 4 members (excludes halogenated alkanes) is 3. The number of ether oxygens (including phenoxy) is 1. The summed E-state index contributed by atoms with van der Waals surface area (Å²) < 4.78 is 10.9. The minimum absolute atomic E-state index is 0.337. The summed E-state index contributed by atoms with van der Waals surface area (Å²) in [6, 6.07) is 8.78. The summed E-state index contributed by atoms with van der Waals surface area (Å²) in [7, 11) is 2.11. The zero-order chi connectivity index (χ0) is 16.5. The van der Waals surface area contributed by atoms with Gasteiger partial charge in [-0.2, -0.15) is 0 Å². The first kappa shape index (κ1) is 17.3. The van der Waals surface area contributed by atoms with Gasteiger partial charge in [0.15, 0.2) is 0 Å². The second-order valence-corrected chi connectivity index (χ2v) is 5.77. The molecule has 0 atom stereocenters. The normalized spacial score (nSPS) is 11.0. The van der Waals surface area contributed by atoms with Crippen LogP contribution in [0.1, 0.15) is 25.7 Å². The number of rotatable bonds is 10. The third kappa shape index (κ3) is 5.91. The number of benzene rings is 1. The summed E-state index contributed by atoms with van der Waals surface area (Å²) in [5, 5.41) is 0.903. The van der Waals surface area contributed by atoms with Gasteiger partial charge in [0.25, 0.3) is 0 Å². The molecular weight excluding hydrogens is 290 g/mol. The van der Waals surface area contributed by atoms with E-state index in [2.05, 4.69) is 18.5 Å². The number of fused-ring (bicyclic) bond motifs is 1. The van der Waals surface area contributed by atoms with Gasteiger partial charge in [-0.25, -0.2) is 4.79 Å². The molecule has 0 bridgehead atoms. The Hall–Kier alpha value is -2.07. The largest absolute Gasteiger partial charge is 0.493 e. The lowest BCUT2D eigenvalue weighted by Crippen LogP contribution is -2.19. The Morgan fingerprint density at radius 2 is 1.96 bits per heavy atom. The molecule has 4 nitrogen and oxygen atoms in total. The van der Waals surface area contributed by atoms with E-state index in [9.17, 15) is 4.79 Å². The highest BCUT2D eigenvalue weighted by molar-refractivity contribution is 5.77. The summed E-state index contributed by atoms with van der Waals surface area (Å²) in [4.78, 5) is 13.5. The standard InChI is InChI=1S/C19H25NO3/c1-3-12-20(2)13-6-4-5-7-14-22-17-10-8-16-9-11-19(21)23-18(16)15-17/h3,8-11,15H,1,4-7,12-14H2,2H3. The molecule has 1 aromatic heterocycles. The van der Waals surface area contributed by atoms with Gasteiger partial charge >= 0.3 is 5.63 Å². The summed E-state index contributed by atoms with van der Waals surface area (Å²) >= 11 is 0. The van der Waals surface area contributed by atoms with Crippen LogP contribution in [0.15, 0.2) is 52.2 Å². The van der Waals surface area contributed by atoms with Crippen LogP contribution in [0.4, 0.5) is 0 Å². The SMILES string of the molecule is C=CCN(C)CCCCCCOc1ccc2ccc(=O)oc2c1. The first-order valence-electron chi connectivity index (χ1n) is 8.15. The van der Waals surface area contributed by atoms with Crippen molar-refractivity contribution in [2.45, 2.75) is 25.7 Å². The molecule has 0 spiro atoms. The average molecular weight is 315 g/mol. The zero-order valence-corrected chi connectivity index (χ0v) is 13.8. The van der Waals surface area contributed by atoms with Gasteiger partial charge in [-0.15, -0.1) is 6.58 Å². The molecule has 0 fully saturated rings. The van der Waals surface area contributed by atoms with Crippen molar-refractivity contribution in [2.24, 2.45) is 0 Å². The van der Waals surface area contributed by atoms with Crippen LogP contribution in [-0.4, -0.2) is 31.6 Å². The van der Waals surface area contributed by atoms with Crippen LogP contribution in [-0.2, 0) is 0 Å². The van der Waals surface area contributed by atoms with Crippen molar-refractivity contribution in [3.05, 3.63) is 53.4 Å². The van der Waals surface area contributed by atoms with Gasteiger partial charge in [0.05, 0.1) is 6.61 Å². The minimum Gasteiger partial charge on any atom is -0.493 e. The summed E-state index contributed by atoms with van der Waals surface area (Å²) in [6.07, 6.45) is 6.52. The monoisotopic (exact) mass is 315 g/mol. The molecule has 2 rings (SSSR count). The number of nitrogens with zero attached hydrogens (tertiary/aromatic N) is 1. The Kier molecular flexibility index (Phi) is 6.88. The molecule has 0 saturated carbocycles. The Morgan fingerprint density at radius 3 is 2.78 bits per heavy atom. The van der Waals surface area contributed by atoms with E-state index in [0.29, 0.717) is 12.2 Å². The van der Waals surface area contributed by atoms with Crippen molar-refractivity contribution in [2.75, 3.05) is 26.7 Å². The minimum atomic E-state index is -0.337. The molecule has 2 aromatic rings. The van der Waals surface area contributed by atoms with Crippen LogP contribution in [0.3, 0.4) is 0 Å². The lowest BCUT2D eigenvalue weighted by Gasteiger charge is -2.13. The van der Waals surface area contributed by atoms with Gasteiger partial charge in [0.2, 0.25) is 0 Å². The first-order valence-corrected chi connectivity index (χ1v) is 8.15. The maximum atomic E-state index is 11.2. The van der Waals surface area contributed by atoms with Crippen LogP contribution in [0.25, 0.3) is 11.0 Å². The summed E-state index contributed by atoms with van der Waals surface area (Å²) in [6.45, 7) is 6.48. The van der Waals surface area contributed by atoms with Crippen LogP contribution in [0, 0.1) is 0 Å². The lowest BCUT2D eigenvalue weighted by molar-refractivity contribution is 0.300. The Labute approximate surface area is 137 Å². The molecule has 0 amide bonds. The topological polar surface area (TPSA) is 42.7 Å². The van der Waals surface area contributed by atoms with E-state index in [4.69, 9.17) is 9.15 Å². The van der Waals surface area contributed by atoms with Crippen LogP contribution in [0.5, 0.6) is 5.75 Å². The van der Waals surface area contributed by atoms with Gasteiger partial charge in [0, 0.05) is 24.1 Å². The van der Waals surface area contributed by atoms with E-state index < -0.39 is 0 Å². The molecule has 0 aliphatic rings. The fourth-order valence-electron chi connectivity index (χ4n) is 2.47. The van der Waals surface area contributed by atoms with Crippen molar-refractivity contribution >= 4 is 11.0 Å². The molecule has 0 saturated heterocycles. The van der Waals surface area contributed by atoms with E-state index in [-0.39, 0.29) is 5.63 Å². The van der Waals surface area contributed by atoms with Crippen LogP contribution < -0.4 is 10.4 Å². The predicted octanol–water partition coefficient (Wildman–Crippen LogP) is 3.85. The zero-order valence-electron chi connectivity index (χ0n) is 13.8. The fourth-order valence-corrected chi connectivity index (χ4v) is 2.47. The predicted molar refractivity (Wildman–Crippen MR) is 94.1 cm³/mol. The molecule has 1 aromatic carbocycles. The van der Waals surface area contributed by atoms with Crippen molar-refractivity contribution in [1.82, 2.24) is 4.90 Å². The highest BCUT2D eigenvalue weighted by Gasteiger charge is 2.01. The van der Waals surface area contributed by atoms with Gasteiger partial charge in [-0.1, -0.05) is 18.9 Å². The van der Waals surface area contributed by atoms with Crippen LogP contribution in [0.2, 0.25) is 0 Å². The van der Waals surface area contributed by atoms with E-state index in [1.807, 2.05) is 18.2 Å². The second kappa shape index (κ2) is 9.16.